The third kappa shape index (κ3) is 7.56. The molecule has 2 aromatic carbocycles. The van der Waals surface area contributed by atoms with E-state index >= 15 is 0 Å². The highest BCUT2D eigenvalue weighted by molar-refractivity contribution is 7.92. The summed E-state index contributed by atoms with van der Waals surface area (Å²) in [5.41, 5.74) is -1.24. The van der Waals surface area contributed by atoms with Gasteiger partial charge in [-0.25, -0.2) is 12.8 Å². The summed E-state index contributed by atoms with van der Waals surface area (Å²) in [4.78, 5) is 26.8. The topological polar surface area (TPSA) is 86.8 Å². The van der Waals surface area contributed by atoms with Crippen LogP contribution in [0.4, 0.5) is 23.2 Å². The molecular weight excluding hydrogens is 514 g/mol. The molecule has 7 nitrogen and oxygen atoms in total. The predicted octanol–water partition coefficient (Wildman–Crippen LogP) is 3.82. The first-order chi connectivity index (χ1) is 16.1. The first-order valence-corrected chi connectivity index (χ1v) is 12.5. The number of likely N-dealkylation sites (N-methyl/N-ethyl adjacent to an activating group) is 1. The Morgan fingerprint density at radius 1 is 1.11 bits per heavy atom. The lowest BCUT2D eigenvalue weighted by Crippen LogP contribution is -2.51. The van der Waals surface area contributed by atoms with Gasteiger partial charge in [-0.3, -0.25) is 13.9 Å². The zero-order chi connectivity index (χ0) is 26.6. The summed E-state index contributed by atoms with van der Waals surface area (Å²) in [5, 5.41) is 1.92. The maximum atomic E-state index is 13.3. The zero-order valence-electron chi connectivity index (χ0n) is 19.1. The fourth-order valence-corrected chi connectivity index (χ4v) is 4.26. The predicted molar refractivity (Wildman–Crippen MR) is 124 cm³/mol. The number of hydrogen-bond acceptors (Lipinski definition) is 4. The van der Waals surface area contributed by atoms with Gasteiger partial charge in [-0.05, 0) is 49.7 Å². The van der Waals surface area contributed by atoms with Gasteiger partial charge in [-0.1, -0.05) is 23.7 Å². The number of nitrogens with zero attached hydrogens (tertiary/aromatic N) is 2. The Morgan fingerprint density at radius 3 is 2.23 bits per heavy atom. The molecule has 0 radical (unpaired) electrons. The quantitative estimate of drug-likeness (QED) is 0.493. The van der Waals surface area contributed by atoms with Crippen molar-refractivity contribution in [3.05, 3.63) is 64.4 Å². The van der Waals surface area contributed by atoms with Gasteiger partial charge in [0.15, 0.2) is 0 Å². The standard InChI is InChI=1S/C22H24ClF4N3O4S/c1-4-28-21(32)14(2)29(12-15-5-7-16(24)8-6-15)20(31)13-30(35(3,33)34)17-9-10-19(23)18(11-17)22(25,26)27/h5-11,14H,4,12-13H2,1-3H3,(H,28,32)/t14-/m1/s1. The van der Waals surface area contributed by atoms with Gasteiger partial charge in [0, 0.05) is 13.1 Å². The number of carbonyl (C=O) groups excluding carboxylic acids is 2. The lowest BCUT2D eigenvalue weighted by atomic mass is 10.1. The number of alkyl halides is 3. The minimum atomic E-state index is -4.86. The molecule has 2 rings (SSSR count). The van der Waals surface area contributed by atoms with Gasteiger partial charge in [0.2, 0.25) is 21.8 Å². The molecule has 0 fully saturated rings. The Morgan fingerprint density at radius 2 is 1.71 bits per heavy atom. The number of nitrogens with one attached hydrogen (secondary N) is 1. The van der Waals surface area contributed by atoms with Crippen molar-refractivity contribution in [1.82, 2.24) is 10.2 Å². The average molecular weight is 538 g/mol. The van der Waals surface area contributed by atoms with Crippen LogP contribution in [-0.2, 0) is 32.3 Å². The lowest BCUT2D eigenvalue weighted by Gasteiger charge is -2.31. The summed E-state index contributed by atoms with van der Waals surface area (Å²) in [6, 6.07) is 6.50. The number of benzene rings is 2. The van der Waals surface area contributed by atoms with Crippen LogP contribution in [0.1, 0.15) is 25.0 Å². The molecule has 35 heavy (non-hydrogen) atoms. The third-order valence-electron chi connectivity index (χ3n) is 5.01. The van der Waals surface area contributed by atoms with Crippen molar-refractivity contribution in [1.29, 1.82) is 0 Å². The van der Waals surface area contributed by atoms with Gasteiger partial charge >= 0.3 is 6.18 Å². The summed E-state index contributed by atoms with van der Waals surface area (Å²) < 4.78 is 78.7. The molecule has 0 bridgehead atoms. The fraction of sp³-hybridized carbons (Fsp3) is 0.364. The molecule has 0 spiro atoms. The highest BCUT2D eigenvalue weighted by Crippen LogP contribution is 2.37. The second kappa shape index (κ2) is 11.3. The maximum Gasteiger partial charge on any atom is 0.417 e. The van der Waals surface area contributed by atoms with Gasteiger partial charge < -0.3 is 10.2 Å². The van der Waals surface area contributed by atoms with Gasteiger partial charge in [0.1, 0.15) is 18.4 Å². The van der Waals surface area contributed by atoms with Crippen LogP contribution < -0.4 is 9.62 Å². The Bertz CT molecular complexity index is 1170. The van der Waals surface area contributed by atoms with Crippen LogP contribution in [0.2, 0.25) is 5.02 Å². The Balaban J connectivity index is 2.46. The largest absolute Gasteiger partial charge is 0.417 e. The Kier molecular flexibility index (Phi) is 9.12. The van der Waals surface area contributed by atoms with E-state index in [9.17, 15) is 35.6 Å². The van der Waals surface area contributed by atoms with E-state index in [0.717, 1.165) is 35.4 Å². The highest BCUT2D eigenvalue weighted by atomic mass is 35.5. The van der Waals surface area contributed by atoms with Crippen molar-refractivity contribution >= 4 is 39.1 Å². The van der Waals surface area contributed by atoms with Crippen LogP contribution in [0.25, 0.3) is 0 Å². The minimum absolute atomic E-state index is 0.177. The molecule has 1 N–H and O–H groups in total. The molecule has 13 heteroatoms. The number of anilines is 1. The number of hydrogen-bond donors (Lipinski definition) is 1. The molecule has 0 unspecified atom stereocenters. The molecule has 0 aliphatic rings. The van der Waals surface area contributed by atoms with E-state index in [1.54, 1.807) is 6.92 Å². The van der Waals surface area contributed by atoms with Gasteiger partial charge in [-0.15, -0.1) is 0 Å². The molecule has 0 heterocycles. The van der Waals surface area contributed by atoms with Gasteiger partial charge in [0.05, 0.1) is 22.5 Å². The molecule has 2 aromatic rings. The molecule has 0 aliphatic heterocycles. The Hall–Kier alpha value is -2.86. The molecule has 2 amide bonds. The summed E-state index contributed by atoms with van der Waals surface area (Å²) >= 11 is 5.63. The van der Waals surface area contributed by atoms with E-state index in [4.69, 9.17) is 11.6 Å². The first kappa shape index (κ1) is 28.4. The van der Waals surface area contributed by atoms with Crippen LogP contribution in [-0.4, -0.2) is 50.5 Å². The van der Waals surface area contributed by atoms with E-state index < -0.39 is 62.7 Å². The van der Waals surface area contributed by atoms with Gasteiger partial charge in [-0.2, -0.15) is 13.2 Å². The van der Waals surface area contributed by atoms with Crippen molar-refractivity contribution in [3.63, 3.8) is 0 Å². The number of carbonyl (C=O) groups is 2. The number of rotatable bonds is 9. The van der Waals surface area contributed by atoms with E-state index in [2.05, 4.69) is 5.32 Å². The van der Waals surface area contributed by atoms with Gasteiger partial charge in [0.25, 0.3) is 0 Å². The van der Waals surface area contributed by atoms with Crippen LogP contribution in [0, 0.1) is 5.82 Å². The second-order valence-corrected chi connectivity index (χ2v) is 9.96. The van der Waals surface area contributed by atoms with Crippen molar-refractivity contribution in [2.75, 3.05) is 23.7 Å². The first-order valence-electron chi connectivity index (χ1n) is 10.3. The Labute approximate surface area is 205 Å². The number of amides is 2. The van der Waals surface area contributed by atoms with Crippen LogP contribution in [0.5, 0.6) is 0 Å². The van der Waals surface area contributed by atoms with E-state index in [1.807, 2.05) is 0 Å². The van der Waals surface area contributed by atoms with E-state index in [1.165, 1.54) is 19.1 Å². The fourth-order valence-electron chi connectivity index (χ4n) is 3.19. The number of sulfonamides is 1. The maximum absolute atomic E-state index is 13.3. The molecule has 1 atom stereocenters. The summed E-state index contributed by atoms with van der Waals surface area (Å²) in [6.45, 7) is 2.29. The van der Waals surface area contributed by atoms with E-state index in [-0.39, 0.29) is 13.1 Å². The zero-order valence-corrected chi connectivity index (χ0v) is 20.6. The van der Waals surface area contributed by atoms with Crippen LogP contribution >= 0.6 is 11.6 Å². The SMILES string of the molecule is CCNC(=O)[C@@H](C)N(Cc1ccc(F)cc1)C(=O)CN(c1ccc(Cl)c(C(F)(F)F)c1)S(C)(=O)=O. The normalized spacial score (nSPS) is 12.7. The molecule has 0 aliphatic carbocycles. The van der Waals surface area contributed by atoms with Crippen molar-refractivity contribution in [3.8, 4) is 0 Å². The summed E-state index contributed by atoms with van der Waals surface area (Å²) in [6.07, 6.45) is -4.12. The summed E-state index contributed by atoms with van der Waals surface area (Å²) in [5.74, 6) is -1.91. The molecule has 192 valence electrons. The van der Waals surface area contributed by atoms with Crippen LogP contribution in [0.3, 0.4) is 0 Å². The average Bonchev–Trinajstić information content (AvgIpc) is 2.75. The van der Waals surface area contributed by atoms with Crippen molar-refractivity contribution < 1.29 is 35.6 Å². The van der Waals surface area contributed by atoms with Crippen molar-refractivity contribution in [2.24, 2.45) is 0 Å². The van der Waals surface area contributed by atoms with E-state index in [0.29, 0.717) is 15.9 Å². The van der Waals surface area contributed by atoms with Crippen molar-refractivity contribution in [2.45, 2.75) is 32.6 Å². The summed E-state index contributed by atoms with van der Waals surface area (Å²) in [7, 11) is -4.23. The third-order valence-corrected chi connectivity index (χ3v) is 6.48. The second-order valence-electron chi connectivity index (χ2n) is 7.65. The molecule has 0 saturated heterocycles. The molecule has 0 aromatic heterocycles. The molecule has 0 saturated carbocycles. The van der Waals surface area contributed by atoms with Crippen LogP contribution in [0.15, 0.2) is 42.5 Å². The minimum Gasteiger partial charge on any atom is -0.355 e. The highest BCUT2D eigenvalue weighted by Gasteiger charge is 2.35. The smallest absolute Gasteiger partial charge is 0.355 e. The number of halogens is 5. The monoisotopic (exact) mass is 537 g/mol. The lowest BCUT2D eigenvalue weighted by molar-refractivity contribution is -0.139. The molecular formula is C22H24ClF4N3O4S.